The van der Waals surface area contributed by atoms with Crippen molar-refractivity contribution in [2.24, 2.45) is 0 Å². The van der Waals surface area contributed by atoms with E-state index in [2.05, 4.69) is 20.9 Å². The van der Waals surface area contributed by atoms with Gasteiger partial charge >= 0.3 is 0 Å². The summed E-state index contributed by atoms with van der Waals surface area (Å²) in [5, 5.41) is 0.900. The lowest BCUT2D eigenvalue weighted by molar-refractivity contribution is 0.102. The van der Waals surface area contributed by atoms with Crippen molar-refractivity contribution < 1.29 is 9.21 Å². The predicted octanol–water partition coefficient (Wildman–Crippen LogP) is 4.49. The lowest BCUT2D eigenvalue weighted by Gasteiger charge is -1.90. The molecule has 0 atom stereocenters. The second-order valence-electron chi connectivity index (χ2n) is 4.28. The highest BCUT2D eigenvalue weighted by Gasteiger charge is 2.09. The zero-order valence-corrected chi connectivity index (χ0v) is 12.0. The van der Waals surface area contributed by atoms with Crippen molar-refractivity contribution in [2.45, 2.75) is 0 Å². The van der Waals surface area contributed by atoms with Crippen LogP contribution in [0.5, 0.6) is 0 Å². The summed E-state index contributed by atoms with van der Waals surface area (Å²) in [7, 11) is 0. The first kappa shape index (κ1) is 12.8. The lowest BCUT2D eigenvalue weighted by atomic mass is 10.2. The Hall–Kier alpha value is -2.20. The summed E-state index contributed by atoms with van der Waals surface area (Å²) in [6, 6.07) is 11.1. The summed E-state index contributed by atoms with van der Waals surface area (Å²) >= 11 is 3.39. The number of aromatic nitrogens is 1. The first-order valence-corrected chi connectivity index (χ1v) is 6.83. The van der Waals surface area contributed by atoms with E-state index in [0.29, 0.717) is 11.3 Å². The Bertz CT molecular complexity index is 791. The van der Waals surface area contributed by atoms with Gasteiger partial charge in [0.1, 0.15) is 5.58 Å². The molecule has 0 N–H and O–H groups in total. The summed E-state index contributed by atoms with van der Waals surface area (Å²) in [4.78, 5) is 16.0. The van der Waals surface area contributed by atoms with E-state index in [1.807, 2.05) is 30.3 Å². The third-order valence-corrected chi connectivity index (χ3v) is 3.33. The normalized spacial score (nSPS) is 11.2. The molecular weight excluding hydrogens is 318 g/mol. The highest BCUT2D eigenvalue weighted by molar-refractivity contribution is 9.10. The number of carbonyl (C=O) groups excluding carboxylic acids is 1. The molecule has 0 saturated heterocycles. The molecule has 0 amide bonds. The van der Waals surface area contributed by atoms with Gasteiger partial charge in [0.05, 0.1) is 0 Å². The van der Waals surface area contributed by atoms with Gasteiger partial charge in [0.25, 0.3) is 0 Å². The number of rotatable bonds is 3. The number of allylic oxidation sites excluding steroid dienone is 1. The molecule has 3 aromatic rings. The Balaban J connectivity index is 1.87. The molecule has 2 aromatic heterocycles. The van der Waals surface area contributed by atoms with Gasteiger partial charge in [-0.25, -0.2) is 0 Å². The maximum absolute atomic E-state index is 12.1. The Labute approximate surface area is 124 Å². The minimum absolute atomic E-state index is 0.166. The number of hydrogen-bond acceptors (Lipinski definition) is 3. The number of pyridine rings is 1. The van der Waals surface area contributed by atoms with Crippen LogP contribution >= 0.6 is 15.9 Å². The Kier molecular flexibility index (Phi) is 3.48. The van der Waals surface area contributed by atoms with Crippen molar-refractivity contribution in [3.8, 4) is 0 Å². The lowest BCUT2D eigenvalue weighted by Crippen LogP contribution is -1.90. The van der Waals surface area contributed by atoms with Crippen molar-refractivity contribution in [3.63, 3.8) is 0 Å². The predicted molar refractivity (Wildman–Crippen MR) is 81.5 cm³/mol. The third kappa shape index (κ3) is 2.70. The molecule has 4 heteroatoms. The van der Waals surface area contributed by atoms with E-state index in [4.69, 9.17) is 4.42 Å². The second-order valence-corrected chi connectivity index (χ2v) is 5.19. The Morgan fingerprint density at radius 2 is 2.15 bits per heavy atom. The molecule has 0 spiro atoms. The third-order valence-electron chi connectivity index (χ3n) is 2.83. The molecule has 0 aliphatic heterocycles. The van der Waals surface area contributed by atoms with Crippen LogP contribution in [0.2, 0.25) is 0 Å². The van der Waals surface area contributed by atoms with E-state index in [1.54, 1.807) is 24.5 Å². The molecule has 0 fully saturated rings. The van der Waals surface area contributed by atoms with Gasteiger partial charge in [0.15, 0.2) is 5.76 Å². The monoisotopic (exact) mass is 327 g/mol. The highest BCUT2D eigenvalue weighted by atomic mass is 79.9. The number of carbonyl (C=O) groups is 1. The van der Waals surface area contributed by atoms with Gasteiger partial charge in [-0.15, -0.1) is 0 Å². The van der Waals surface area contributed by atoms with Gasteiger partial charge in [-0.2, -0.15) is 0 Å². The van der Waals surface area contributed by atoms with Crippen molar-refractivity contribution in [3.05, 3.63) is 70.7 Å². The van der Waals surface area contributed by atoms with Crippen LogP contribution in [0.3, 0.4) is 0 Å². The van der Waals surface area contributed by atoms with Crippen LogP contribution in [0.1, 0.15) is 16.1 Å². The van der Waals surface area contributed by atoms with Crippen molar-refractivity contribution in [2.75, 3.05) is 0 Å². The summed E-state index contributed by atoms with van der Waals surface area (Å²) in [5.41, 5.74) is 1.58. The molecule has 3 rings (SSSR count). The van der Waals surface area contributed by atoms with Crippen LogP contribution in [0.15, 0.2) is 63.8 Å². The van der Waals surface area contributed by atoms with Gasteiger partial charge in [0.2, 0.25) is 5.78 Å². The first-order chi connectivity index (χ1) is 9.72. The fourth-order valence-electron chi connectivity index (χ4n) is 1.86. The van der Waals surface area contributed by atoms with Crippen LogP contribution in [0.4, 0.5) is 0 Å². The molecule has 98 valence electrons. The van der Waals surface area contributed by atoms with E-state index in [0.717, 1.165) is 15.4 Å². The fourth-order valence-corrected chi connectivity index (χ4v) is 2.24. The van der Waals surface area contributed by atoms with E-state index >= 15 is 0 Å². The molecular formula is C16H10BrNO2. The zero-order valence-electron chi connectivity index (χ0n) is 10.4. The average Bonchev–Trinajstić information content (AvgIpc) is 2.89. The molecule has 3 nitrogen and oxygen atoms in total. The van der Waals surface area contributed by atoms with Crippen molar-refractivity contribution >= 4 is 38.8 Å². The first-order valence-electron chi connectivity index (χ1n) is 6.04. The van der Waals surface area contributed by atoms with E-state index in [1.165, 1.54) is 6.08 Å². The van der Waals surface area contributed by atoms with Gasteiger partial charge in [0, 0.05) is 22.3 Å². The van der Waals surface area contributed by atoms with Crippen LogP contribution < -0.4 is 0 Å². The molecule has 0 radical (unpaired) electrons. The van der Waals surface area contributed by atoms with E-state index < -0.39 is 0 Å². The Morgan fingerprint density at radius 1 is 1.25 bits per heavy atom. The zero-order chi connectivity index (χ0) is 13.9. The maximum Gasteiger partial charge on any atom is 0.221 e. The smallest absolute Gasteiger partial charge is 0.221 e. The molecule has 0 aliphatic carbocycles. The average molecular weight is 328 g/mol. The standard InChI is InChI=1S/C16H10BrNO2/c17-13-4-6-15-12(8-13)9-16(20-15)14(19)5-3-11-2-1-7-18-10-11/h1-10H/b5-3+. The van der Waals surface area contributed by atoms with Gasteiger partial charge in [-0.1, -0.05) is 22.0 Å². The van der Waals surface area contributed by atoms with Crippen LogP contribution in [-0.4, -0.2) is 10.8 Å². The minimum Gasteiger partial charge on any atom is -0.453 e. The molecule has 20 heavy (non-hydrogen) atoms. The molecule has 2 heterocycles. The van der Waals surface area contributed by atoms with Crippen LogP contribution in [0, 0.1) is 0 Å². The molecule has 0 saturated carbocycles. The van der Waals surface area contributed by atoms with Gasteiger partial charge in [-0.3, -0.25) is 9.78 Å². The number of furan rings is 1. The minimum atomic E-state index is -0.166. The number of hydrogen-bond donors (Lipinski definition) is 0. The largest absolute Gasteiger partial charge is 0.453 e. The van der Waals surface area contributed by atoms with Gasteiger partial charge in [-0.05, 0) is 48.0 Å². The number of nitrogens with zero attached hydrogens (tertiary/aromatic N) is 1. The second kappa shape index (κ2) is 5.43. The topological polar surface area (TPSA) is 43.1 Å². The molecule has 1 aromatic carbocycles. The van der Waals surface area contributed by atoms with E-state index in [9.17, 15) is 4.79 Å². The quantitative estimate of drug-likeness (QED) is 0.526. The summed E-state index contributed by atoms with van der Waals surface area (Å²) in [5.74, 6) is 0.166. The van der Waals surface area contributed by atoms with Crippen molar-refractivity contribution in [1.29, 1.82) is 0 Å². The summed E-state index contributed by atoms with van der Waals surface area (Å²) in [6.45, 7) is 0. The van der Waals surface area contributed by atoms with Crippen LogP contribution in [-0.2, 0) is 0 Å². The number of halogens is 1. The van der Waals surface area contributed by atoms with Crippen molar-refractivity contribution in [1.82, 2.24) is 4.98 Å². The summed E-state index contributed by atoms with van der Waals surface area (Å²) < 4.78 is 6.49. The van der Waals surface area contributed by atoms with Gasteiger partial charge < -0.3 is 4.42 Å². The Morgan fingerprint density at radius 3 is 2.95 bits per heavy atom. The molecule has 0 unspecified atom stereocenters. The number of ketones is 1. The molecule has 0 bridgehead atoms. The highest BCUT2D eigenvalue weighted by Crippen LogP contribution is 2.23. The summed E-state index contributed by atoms with van der Waals surface area (Å²) in [6.07, 6.45) is 6.60. The number of benzene rings is 1. The van der Waals surface area contributed by atoms with Crippen LogP contribution in [0.25, 0.3) is 17.0 Å². The number of fused-ring (bicyclic) bond motifs is 1. The fraction of sp³-hybridized carbons (Fsp3) is 0. The molecule has 0 aliphatic rings. The maximum atomic E-state index is 12.1. The van der Waals surface area contributed by atoms with E-state index in [-0.39, 0.29) is 5.78 Å². The SMILES string of the molecule is O=C(/C=C/c1cccnc1)c1cc2cc(Br)ccc2o1.